The van der Waals surface area contributed by atoms with E-state index in [9.17, 15) is 4.79 Å². The van der Waals surface area contributed by atoms with Crippen molar-refractivity contribution in [3.63, 3.8) is 0 Å². The van der Waals surface area contributed by atoms with E-state index in [1.54, 1.807) is 0 Å². The monoisotopic (exact) mass is 174 g/mol. The minimum atomic E-state index is 0.326. The quantitative estimate of drug-likeness (QED) is 0.688. The van der Waals surface area contributed by atoms with E-state index < -0.39 is 0 Å². The van der Waals surface area contributed by atoms with Gasteiger partial charge in [0, 0.05) is 12.3 Å². The highest BCUT2D eigenvalue weighted by molar-refractivity contribution is 5.84. The van der Waals surface area contributed by atoms with Gasteiger partial charge in [0.1, 0.15) is 5.78 Å². The van der Waals surface area contributed by atoms with E-state index in [4.69, 9.17) is 0 Å². The second kappa shape index (κ2) is 3.33. The highest BCUT2D eigenvalue weighted by atomic mass is 16.1. The molecular weight excluding hydrogens is 160 g/mol. The first kappa shape index (κ1) is 8.49. The molecular formula is C12H14O. The van der Waals surface area contributed by atoms with E-state index in [1.165, 1.54) is 5.56 Å². The van der Waals surface area contributed by atoms with Gasteiger partial charge in [-0.25, -0.2) is 0 Å². The first-order valence-electron chi connectivity index (χ1n) is 4.90. The van der Waals surface area contributed by atoms with Gasteiger partial charge in [0.15, 0.2) is 0 Å². The third kappa shape index (κ3) is 1.64. The van der Waals surface area contributed by atoms with Crippen molar-refractivity contribution in [1.82, 2.24) is 0 Å². The van der Waals surface area contributed by atoms with Crippen LogP contribution in [0.3, 0.4) is 0 Å². The maximum Gasteiger partial charge on any atom is 0.136 e. The second-order valence-corrected chi connectivity index (χ2v) is 3.68. The Hall–Kier alpha value is -1.11. The molecule has 0 heterocycles. The molecule has 1 aromatic rings. The Balaban J connectivity index is 2.04. The zero-order chi connectivity index (χ0) is 9.26. The Morgan fingerprint density at radius 1 is 1.38 bits per heavy atom. The summed E-state index contributed by atoms with van der Waals surface area (Å²) in [6.45, 7) is 1.95. The molecule has 2 rings (SSSR count). The maximum atomic E-state index is 11.4. The molecule has 2 atom stereocenters. The van der Waals surface area contributed by atoms with Crippen LogP contribution in [0.4, 0.5) is 0 Å². The summed E-state index contributed by atoms with van der Waals surface area (Å²) in [7, 11) is 0. The van der Waals surface area contributed by atoms with Crippen LogP contribution in [0.2, 0.25) is 0 Å². The van der Waals surface area contributed by atoms with E-state index in [0.717, 1.165) is 6.42 Å². The van der Waals surface area contributed by atoms with Crippen LogP contribution in [0.15, 0.2) is 30.3 Å². The van der Waals surface area contributed by atoms with Crippen LogP contribution in [0.5, 0.6) is 0 Å². The molecule has 1 aliphatic rings. The molecule has 0 spiro atoms. The van der Waals surface area contributed by atoms with Gasteiger partial charge in [-0.2, -0.15) is 0 Å². The molecule has 0 N–H and O–H groups in total. The smallest absolute Gasteiger partial charge is 0.136 e. The predicted molar refractivity (Wildman–Crippen MR) is 52.6 cm³/mol. The fourth-order valence-electron chi connectivity index (χ4n) is 1.88. The van der Waals surface area contributed by atoms with Crippen LogP contribution < -0.4 is 0 Å². The molecule has 1 aromatic carbocycles. The van der Waals surface area contributed by atoms with Crippen LogP contribution in [0.1, 0.15) is 31.2 Å². The van der Waals surface area contributed by atoms with Gasteiger partial charge in [0.2, 0.25) is 0 Å². The van der Waals surface area contributed by atoms with Gasteiger partial charge in [0.05, 0.1) is 0 Å². The van der Waals surface area contributed by atoms with E-state index in [1.807, 2.05) is 25.1 Å². The van der Waals surface area contributed by atoms with Crippen molar-refractivity contribution in [3.05, 3.63) is 35.9 Å². The number of carbonyl (C=O) groups is 1. The Morgan fingerprint density at radius 2 is 2.08 bits per heavy atom. The fraction of sp³-hybridized carbons (Fsp3) is 0.417. The molecule has 1 nitrogen and oxygen atoms in total. The van der Waals surface area contributed by atoms with Gasteiger partial charge in [0.25, 0.3) is 0 Å². The Kier molecular flexibility index (Phi) is 2.17. The van der Waals surface area contributed by atoms with Crippen molar-refractivity contribution in [1.29, 1.82) is 0 Å². The van der Waals surface area contributed by atoms with E-state index in [2.05, 4.69) is 12.1 Å². The van der Waals surface area contributed by atoms with E-state index in [-0.39, 0.29) is 0 Å². The highest BCUT2D eigenvalue weighted by Gasteiger charge is 2.42. The standard InChI is InChI=1S/C12H14O/c1-2-12(13)11-8-10(11)9-6-4-3-5-7-9/h3-7,10-11H,2,8H2,1H3/t10-,11+/m1/s1. The molecule has 0 aromatic heterocycles. The fourth-order valence-corrected chi connectivity index (χ4v) is 1.88. The lowest BCUT2D eigenvalue weighted by molar-refractivity contribution is -0.120. The maximum absolute atomic E-state index is 11.4. The third-order valence-corrected chi connectivity index (χ3v) is 2.78. The number of benzene rings is 1. The molecule has 0 bridgehead atoms. The van der Waals surface area contributed by atoms with Crippen molar-refractivity contribution in [2.24, 2.45) is 5.92 Å². The summed E-state index contributed by atoms with van der Waals surface area (Å²) in [5.41, 5.74) is 1.33. The van der Waals surface area contributed by atoms with Gasteiger partial charge in [-0.1, -0.05) is 37.3 Å². The lowest BCUT2D eigenvalue weighted by atomic mass is 10.1. The van der Waals surface area contributed by atoms with Crippen molar-refractivity contribution in [2.45, 2.75) is 25.7 Å². The average molecular weight is 174 g/mol. The van der Waals surface area contributed by atoms with Crippen molar-refractivity contribution in [2.75, 3.05) is 0 Å². The van der Waals surface area contributed by atoms with Gasteiger partial charge in [-0.05, 0) is 17.9 Å². The highest BCUT2D eigenvalue weighted by Crippen LogP contribution is 2.48. The summed E-state index contributed by atoms with van der Waals surface area (Å²) in [4.78, 5) is 11.4. The number of hydrogen-bond acceptors (Lipinski definition) is 1. The van der Waals surface area contributed by atoms with Crippen LogP contribution in [0.25, 0.3) is 0 Å². The molecule has 1 heteroatoms. The van der Waals surface area contributed by atoms with E-state index in [0.29, 0.717) is 24.0 Å². The number of rotatable bonds is 3. The normalized spacial score (nSPS) is 25.6. The summed E-state index contributed by atoms with van der Waals surface area (Å²) < 4.78 is 0. The van der Waals surface area contributed by atoms with Crippen LogP contribution in [-0.2, 0) is 4.79 Å². The summed E-state index contributed by atoms with van der Waals surface area (Å²) >= 11 is 0. The van der Waals surface area contributed by atoms with Crippen LogP contribution in [0, 0.1) is 5.92 Å². The van der Waals surface area contributed by atoms with Crippen LogP contribution >= 0.6 is 0 Å². The summed E-state index contributed by atoms with van der Waals surface area (Å²) in [6.07, 6.45) is 1.75. The second-order valence-electron chi connectivity index (χ2n) is 3.68. The predicted octanol–water partition coefficient (Wildman–Crippen LogP) is 2.77. The molecule has 68 valence electrons. The minimum Gasteiger partial charge on any atom is -0.299 e. The molecule has 13 heavy (non-hydrogen) atoms. The zero-order valence-corrected chi connectivity index (χ0v) is 7.86. The lowest BCUT2D eigenvalue weighted by Crippen LogP contribution is -1.99. The number of Topliss-reactive ketones (excluding diaryl/α,β-unsaturated/α-hetero) is 1. The SMILES string of the molecule is CCC(=O)[C@H]1C[C@@H]1c1ccccc1. The minimum absolute atomic E-state index is 0.326. The molecule has 1 fully saturated rings. The number of carbonyl (C=O) groups excluding carboxylic acids is 1. The van der Waals surface area contributed by atoms with Crippen molar-refractivity contribution >= 4 is 5.78 Å². The van der Waals surface area contributed by atoms with Gasteiger partial charge in [-0.15, -0.1) is 0 Å². The first-order chi connectivity index (χ1) is 6.33. The van der Waals surface area contributed by atoms with E-state index >= 15 is 0 Å². The first-order valence-corrected chi connectivity index (χ1v) is 4.90. The molecule has 0 aliphatic heterocycles. The number of ketones is 1. The number of hydrogen-bond donors (Lipinski definition) is 0. The molecule has 0 unspecified atom stereocenters. The van der Waals surface area contributed by atoms with Crippen molar-refractivity contribution in [3.8, 4) is 0 Å². The average Bonchev–Trinajstić information content (AvgIpc) is 2.98. The third-order valence-electron chi connectivity index (χ3n) is 2.78. The Bertz CT molecular complexity index is 302. The van der Waals surface area contributed by atoms with Gasteiger partial charge >= 0.3 is 0 Å². The molecule has 0 radical (unpaired) electrons. The van der Waals surface area contributed by atoms with Gasteiger partial charge < -0.3 is 0 Å². The largest absolute Gasteiger partial charge is 0.299 e. The summed E-state index contributed by atoms with van der Waals surface area (Å²) in [5, 5.41) is 0. The summed E-state index contributed by atoms with van der Waals surface area (Å²) in [5.74, 6) is 1.27. The Morgan fingerprint density at radius 3 is 2.69 bits per heavy atom. The van der Waals surface area contributed by atoms with Crippen LogP contribution in [-0.4, -0.2) is 5.78 Å². The topological polar surface area (TPSA) is 17.1 Å². The molecule has 0 saturated heterocycles. The van der Waals surface area contributed by atoms with Gasteiger partial charge in [-0.3, -0.25) is 4.79 Å². The molecule has 0 amide bonds. The molecule has 1 aliphatic carbocycles. The zero-order valence-electron chi connectivity index (χ0n) is 7.86. The van der Waals surface area contributed by atoms with Crippen molar-refractivity contribution < 1.29 is 4.79 Å². The Labute approximate surface area is 78.8 Å². The molecule has 1 saturated carbocycles. The summed E-state index contributed by atoms with van der Waals surface area (Å²) in [6, 6.07) is 10.3. The lowest BCUT2D eigenvalue weighted by Gasteiger charge is -1.97.